The van der Waals surface area contributed by atoms with Crippen LogP contribution < -0.4 is 4.74 Å². The number of rotatable bonds is 4. The fourth-order valence-electron chi connectivity index (χ4n) is 1.79. The average Bonchev–Trinajstić information content (AvgIpc) is 2.42. The number of nitro benzene ring substituents is 1. The van der Waals surface area contributed by atoms with Gasteiger partial charge in [0.15, 0.2) is 0 Å². The molecule has 20 heavy (non-hydrogen) atoms. The van der Waals surface area contributed by atoms with E-state index in [1.54, 1.807) is 31.2 Å². The molecule has 0 aliphatic rings. The monoisotopic (exact) mass is 355 g/mol. The van der Waals surface area contributed by atoms with Crippen molar-refractivity contribution in [3.63, 3.8) is 0 Å². The zero-order chi connectivity index (χ0) is 14.7. The molecule has 0 N–H and O–H groups in total. The maximum Gasteiger partial charge on any atom is 0.311 e. The topological polar surface area (TPSA) is 52.4 Å². The summed E-state index contributed by atoms with van der Waals surface area (Å²) in [6, 6.07) is 10.1. The zero-order valence-electron chi connectivity index (χ0n) is 10.6. The van der Waals surface area contributed by atoms with Crippen LogP contribution in [0, 0.1) is 17.0 Å². The fourth-order valence-corrected chi connectivity index (χ4v) is 2.46. The quantitative estimate of drug-likeness (QED) is 0.427. The van der Waals surface area contributed by atoms with E-state index in [2.05, 4.69) is 15.9 Å². The van der Waals surface area contributed by atoms with Crippen molar-refractivity contribution in [3.8, 4) is 11.5 Å². The van der Waals surface area contributed by atoms with Crippen molar-refractivity contribution < 1.29 is 9.66 Å². The normalized spacial score (nSPS) is 10.3. The second-order valence-electron chi connectivity index (χ2n) is 4.14. The second-order valence-corrected chi connectivity index (χ2v) is 5.11. The summed E-state index contributed by atoms with van der Waals surface area (Å²) in [7, 11) is 0. The molecule has 0 atom stereocenters. The highest BCUT2D eigenvalue weighted by Gasteiger charge is 2.20. The lowest BCUT2D eigenvalue weighted by molar-refractivity contribution is -0.385. The van der Waals surface area contributed by atoms with Gasteiger partial charge >= 0.3 is 5.69 Å². The van der Waals surface area contributed by atoms with E-state index in [0.29, 0.717) is 21.7 Å². The van der Waals surface area contributed by atoms with Gasteiger partial charge in [-0.05, 0) is 18.6 Å². The third-order valence-corrected chi connectivity index (χ3v) is 3.69. The molecule has 0 saturated heterocycles. The zero-order valence-corrected chi connectivity index (χ0v) is 12.9. The van der Waals surface area contributed by atoms with Crippen LogP contribution in [0.15, 0.2) is 36.4 Å². The van der Waals surface area contributed by atoms with Gasteiger partial charge in [0, 0.05) is 17.0 Å². The van der Waals surface area contributed by atoms with Gasteiger partial charge in [0.05, 0.1) is 9.95 Å². The van der Waals surface area contributed by atoms with E-state index in [0.717, 1.165) is 5.56 Å². The molecule has 0 amide bonds. The molecule has 0 heterocycles. The van der Waals surface area contributed by atoms with Gasteiger partial charge in [-0.2, -0.15) is 0 Å². The Hall–Kier alpha value is -1.59. The molecule has 4 nitrogen and oxygen atoms in total. The Kier molecular flexibility index (Phi) is 4.62. The summed E-state index contributed by atoms with van der Waals surface area (Å²) >= 11 is 9.48. The number of hydrogen-bond donors (Lipinski definition) is 0. The highest BCUT2D eigenvalue weighted by molar-refractivity contribution is 9.08. The molecule has 2 rings (SSSR count). The van der Waals surface area contributed by atoms with Crippen molar-refractivity contribution in [2.75, 3.05) is 0 Å². The summed E-state index contributed by atoms with van der Waals surface area (Å²) in [5, 5.41) is 12.0. The highest BCUT2D eigenvalue weighted by atomic mass is 79.9. The molecule has 0 aromatic heterocycles. The number of ether oxygens (including phenoxy) is 1. The van der Waals surface area contributed by atoms with Crippen molar-refractivity contribution in [1.29, 1.82) is 0 Å². The number of hydrogen-bond acceptors (Lipinski definition) is 3. The lowest BCUT2D eigenvalue weighted by Crippen LogP contribution is -1.97. The van der Waals surface area contributed by atoms with E-state index in [9.17, 15) is 10.1 Å². The van der Waals surface area contributed by atoms with Gasteiger partial charge in [-0.3, -0.25) is 10.1 Å². The van der Waals surface area contributed by atoms with Crippen LogP contribution in [0.25, 0.3) is 0 Å². The molecule has 0 bridgehead atoms. The minimum absolute atomic E-state index is 0.0783. The van der Waals surface area contributed by atoms with E-state index in [-0.39, 0.29) is 11.4 Å². The molecule has 0 unspecified atom stereocenters. The standard InChI is InChI=1S/C14H11BrClNO3/c1-9-4-2-7-12(17(18)19)13(9)20-14-10(8-15)5-3-6-11(14)16/h2-7H,8H2,1H3. The van der Waals surface area contributed by atoms with Crippen LogP contribution in [0.1, 0.15) is 11.1 Å². The van der Waals surface area contributed by atoms with Crippen LogP contribution >= 0.6 is 27.5 Å². The third-order valence-electron chi connectivity index (χ3n) is 2.78. The largest absolute Gasteiger partial charge is 0.448 e. The Balaban J connectivity index is 2.53. The highest BCUT2D eigenvalue weighted by Crippen LogP contribution is 2.39. The number of aryl methyl sites for hydroxylation is 1. The Labute approximate surface area is 129 Å². The first-order valence-electron chi connectivity index (χ1n) is 5.79. The van der Waals surface area contributed by atoms with Gasteiger partial charge < -0.3 is 4.74 Å². The molecule has 6 heteroatoms. The maximum atomic E-state index is 11.1. The number of nitro groups is 1. The average molecular weight is 357 g/mol. The van der Waals surface area contributed by atoms with E-state index in [4.69, 9.17) is 16.3 Å². The summed E-state index contributed by atoms with van der Waals surface area (Å²) < 4.78 is 5.75. The molecular formula is C14H11BrClNO3. The number of para-hydroxylation sites is 2. The lowest BCUT2D eigenvalue weighted by atomic mass is 10.2. The van der Waals surface area contributed by atoms with Crippen molar-refractivity contribution in [2.45, 2.75) is 12.3 Å². The first-order chi connectivity index (χ1) is 9.54. The Morgan fingerprint density at radius 1 is 1.25 bits per heavy atom. The number of nitrogens with zero attached hydrogens (tertiary/aromatic N) is 1. The van der Waals surface area contributed by atoms with Crippen molar-refractivity contribution in [2.24, 2.45) is 0 Å². The van der Waals surface area contributed by atoms with Crippen molar-refractivity contribution >= 4 is 33.2 Å². The van der Waals surface area contributed by atoms with Crippen LogP contribution in [-0.2, 0) is 5.33 Å². The van der Waals surface area contributed by atoms with E-state index in [1.165, 1.54) is 6.07 Å². The molecule has 2 aromatic rings. The van der Waals surface area contributed by atoms with Crippen molar-refractivity contribution in [1.82, 2.24) is 0 Å². The van der Waals surface area contributed by atoms with Crippen LogP contribution in [0.2, 0.25) is 5.02 Å². The minimum Gasteiger partial charge on any atom is -0.448 e. The summed E-state index contributed by atoms with van der Waals surface area (Å²) in [4.78, 5) is 10.6. The van der Waals surface area contributed by atoms with Gasteiger partial charge in [0.2, 0.25) is 5.75 Å². The predicted molar refractivity (Wildman–Crippen MR) is 82.0 cm³/mol. The van der Waals surface area contributed by atoms with Gasteiger partial charge in [-0.1, -0.05) is 51.8 Å². The predicted octanol–water partition coefficient (Wildman–Crippen LogP) is 5.24. The lowest BCUT2D eigenvalue weighted by Gasteiger charge is -2.13. The summed E-state index contributed by atoms with van der Waals surface area (Å²) in [5.41, 5.74) is 1.43. The second kappa shape index (κ2) is 6.24. The third kappa shape index (κ3) is 2.94. The molecule has 0 fully saturated rings. The van der Waals surface area contributed by atoms with Crippen LogP contribution in [0.3, 0.4) is 0 Å². The van der Waals surface area contributed by atoms with Crippen LogP contribution in [0.5, 0.6) is 11.5 Å². The molecule has 0 saturated carbocycles. The molecule has 0 aliphatic heterocycles. The molecule has 104 valence electrons. The fraction of sp³-hybridized carbons (Fsp3) is 0.143. The molecular weight excluding hydrogens is 346 g/mol. The molecule has 0 spiro atoms. The van der Waals surface area contributed by atoms with Gasteiger partial charge in [0.25, 0.3) is 0 Å². The van der Waals surface area contributed by atoms with Crippen LogP contribution in [-0.4, -0.2) is 4.92 Å². The Morgan fingerprint density at radius 3 is 2.60 bits per heavy atom. The molecule has 0 radical (unpaired) electrons. The smallest absolute Gasteiger partial charge is 0.311 e. The molecule has 2 aromatic carbocycles. The van der Waals surface area contributed by atoms with E-state index in [1.807, 2.05) is 6.07 Å². The number of halogens is 2. The van der Waals surface area contributed by atoms with Crippen molar-refractivity contribution in [3.05, 3.63) is 62.7 Å². The SMILES string of the molecule is Cc1cccc([N+](=O)[O-])c1Oc1c(Cl)cccc1CBr. The number of benzene rings is 2. The van der Waals surface area contributed by atoms with Gasteiger partial charge in [-0.15, -0.1) is 0 Å². The maximum absolute atomic E-state index is 11.1. The number of alkyl halides is 1. The van der Waals surface area contributed by atoms with Gasteiger partial charge in [-0.25, -0.2) is 0 Å². The Morgan fingerprint density at radius 2 is 1.95 bits per heavy atom. The summed E-state index contributed by atoms with van der Waals surface area (Å²) in [6.07, 6.45) is 0. The Bertz CT molecular complexity index is 661. The summed E-state index contributed by atoms with van der Waals surface area (Å²) in [5.74, 6) is 0.649. The van der Waals surface area contributed by atoms with Gasteiger partial charge in [0.1, 0.15) is 5.75 Å². The molecule has 0 aliphatic carbocycles. The van der Waals surface area contributed by atoms with Crippen LogP contribution in [0.4, 0.5) is 5.69 Å². The van der Waals surface area contributed by atoms with E-state index < -0.39 is 4.92 Å². The minimum atomic E-state index is -0.465. The first kappa shape index (κ1) is 14.8. The first-order valence-corrected chi connectivity index (χ1v) is 7.29. The summed E-state index contributed by atoms with van der Waals surface area (Å²) in [6.45, 7) is 1.76. The van der Waals surface area contributed by atoms with E-state index >= 15 is 0 Å².